The molecule has 16 heavy (non-hydrogen) atoms. The summed E-state index contributed by atoms with van der Waals surface area (Å²) in [6.07, 6.45) is 0. The van der Waals surface area contributed by atoms with Crippen LogP contribution in [0.2, 0.25) is 0 Å². The van der Waals surface area contributed by atoms with E-state index >= 15 is 0 Å². The largest absolute Gasteiger partial charge is 0.382 e. The van der Waals surface area contributed by atoms with E-state index in [1.165, 1.54) is 5.56 Å². The normalized spacial score (nSPS) is 10.6. The lowest BCUT2D eigenvalue weighted by Gasteiger charge is -2.06. The quantitative estimate of drug-likeness (QED) is 0.817. The molecule has 0 radical (unpaired) electrons. The molecule has 0 aliphatic rings. The summed E-state index contributed by atoms with van der Waals surface area (Å²) >= 11 is 0. The molecule has 0 saturated carbocycles. The van der Waals surface area contributed by atoms with Gasteiger partial charge in [-0.25, -0.2) is 4.68 Å². The van der Waals surface area contributed by atoms with Crippen molar-refractivity contribution in [2.24, 2.45) is 0 Å². The Kier molecular flexibility index (Phi) is 2.92. The monoisotopic (exact) mass is 216 g/mol. The van der Waals surface area contributed by atoms with Gasteiger partial charge in [-0.1, -0.05) is 17.7 Å². The van der Waals surface area contributed by atoms with E-state index in [0.717, 1.165) is 17.9 Å². The van der Waals surface area contributed by atoms with E-state index in [-0.39, 0.29) is 0 Å². The van der Waals surface area contributed by atoms with Gasteiger partial charge in [-0.3, -0.25) is 0 Å². The van der Waals surface area contributed by atoms with Crippen molar-refractivity contribution in [2.45, 2.75) is 13.5 Å². The highest BCUT2D eigenvalue weighted by Gasteiger charge is 2.06. The van der Waals surface area contributed by atoms with Crippen molar-refractivity contribution < 1.29 is 0 Å². The molecule has 0 spiro atoms. The first-order valence-corrected chi connectivity index (χ1v) is 5.27. The van der Waals surface area contributed by atoms with Crippen LogP contribution in [0.5, 0.6) is 0 Å². The minimum atomic E-state index is 0.547. The molecular formula is C12H16N4. The Morgan fingerprint density at radius 2 is 2.00 bits per heavy atom. The van der Waals surface area contributed by atoms with Crippen LogP contribution < -0.4 is 11.1 Å². The molecule has 2 aromatic rings. The second kappa shape index (κ2) is 4.37. The molecule has 1 aromatic carbocycles. The fourth-order valence-electron chi connectivity index (χ4n) is 1.66. The van der Waals surface area contributed by atoms with Crippen molar-refractivity contribution in [1.29, 1.82) is 0 Å². The maximum atomic E-state index is 5.72. The summed E-state index contributed by atoms with van der Waals surface area (Å²) in [5, 5.41) is 7.39. The van der Waals surface area contributed by atoms with Gasteiger partial charge in [-0.05, 0) is 26.1 Å². The van der Waals surface area contributed by atoms with Gasteiger partial charge in [0.25, 0.3) is 0 Å². The van der Waals surface area contributed by atoms with Crippen molar-refractivity contribution in [3.63, 3.8) is 0 Å². The van der Waals surface area contributed by atoms with Crippen molar-refractivity contribution in [3.8, 4) is 5.69 Å². The molecular weight excluding hydrogens is 200 g/mol. The Labute approximate surface area is 95.1 Å². The molecule has 84 valence electrons. The van der Waals surface area contributed by atoms with Crippen LogP contribution in [0.15, 0.2) is 30.3 Å². The van der Waals surface area contributed by atoms with Crippen LogP contribution in [-0.4, -0.2) is 16.8 Å². The molecule has 4 heteroatoms. The Balaban J connectivity index is 2.42. The van der Waals surface area contributed by atoms with Gasteiger partial charge in [0.15, 0.2) is 0 Å². The van der Waals surface area contributed by atoms with Crippen LogP contribution >= 0.6 is 0 Å². The highest BCUT2D eigenvalue weighted by Crippen LogP contribution is 2.14. The van der Waals surface area contributed by atoms with E-state index in [1.807, 2.05) is 29.9 Å². The van der Waals surface area contributed by atoms with E-state index in [2.05, 4.69) is 29.5 Å². The van der Waals surface area contributed by atoms with Crippen molar-refractivity contribution >= 4 is 5.82 Å². The van der Waals surface area contributed by atoms with Gasteiger partial charge in [-0.15, -0.1) is 0 Å². The van der Waals surface area contributed by atoms with Gasteiger partial charge in [0.2, 0.25) is 0 Å². The SMILES string of the molecule is CNCc1cc(N)nn1-c1ccc(C)cc1. The topological polar surface area (TPSA) is 55.9 Å². The molecule has 0 aliphatic carbocycles. The van der Waals surface area contributed by atoms with Crippen LogP contribution in [0.1, 0.15) is 11.3 Å². The second-order valence-electron chi connectivity index (χ2n) is 3.84. The number of nitrogens with one attached hydrogen (secondary N) is 1. The zero-order valence-electron chi connectivity index (χ0n) is 9.57. The zero-order chi connectivity index (χ0) is 11.5. The molecule has 0 atom stereocenters. The predicted octanol–water partition coefficient (Wildman–Crippen LogP) is 1.48. The predicted molar refractivity (Wildman–Crippen MR) is 65.5 cm³/mol. The van der Waals surface area contributed by atoms with Gasteiger partial charge < -0.3 is 11.1 Å². The standard InChI is InChI=1S/C12H16N4/c1-9-3-5-10(6-4-9)16-11(8-14-2)7-12(13)15-16/h3-7,14H,8H2,1-2H3,(H2,13,15). The summed E-state index contributed by atoms with van der Waals surface area (Å²) in [4.78, 5) is 0. The summed E-state index contributed by atoms with van der Waals surface area (Å²) in [5.41, 5.74) is 9.05. The molecule has 0 saturated heterocycles. The number of hydrogen-bond donors (Lipinski definition) is 2. The third kappa shape index (κ3) is 2.06. The molecule has 0 amide bonds. The average Bonchev–Trinajstić information content (AvgIpc) is 2.61. The first-order chi connectivity index (χ1) is 7.70. The molecule has 2 rings (SSSR count). The number of anilines is 1. The summed E-state index contributed by atoms with van der Waals surface area (Å²) in [5.74, 6) is 0.547. The smallest absolute Gasteiger partial charge is 0.146 e. The lowest BCUT2D eigenvalue weighted by atomic mass is 10.2. The molecule has 1 heterocycles. The fourth-order valence-corrected chi connectivity index (χ4v) is 1.66. The lowest BCUT2D eigenvalue weighted by Crippen LogP contribution is -2.10. The summed E-state index contributed by atoms with van der Waals surface area (Å²) in [7, 11) is 1.91. The average molecular weight is 216 g/mol. The molecule has 0 aliphatic heterocycles. The molecule has 0 bridgehead atoms. The number of aromatic nitrogens is 2. The lowest BCUT2D eigenvalue weighted by molar-refractivity contribution is 0.730. The van der Waals surface area contributed by atoms with Crippen molar-refractivity contribution in [3.05, 3.63) is 41.6 Å². The number of nitrogens with two attached hydrogens (primary N) is 1. The number of aryl methyl sites for hydroxylation is 1. The summed E-state index contributed by atoms with van der Waals surface area (Å²) in [6, 6.07) is 10.1. The first-order valence-electron chi connectivity index (χ1n) is 5.27. The van der Waals surface area contributed by atoms with Crippen LogP contribution in [-0.2, 0) is 6.54 Å². The first kappa shape index (κ1) is 10.7. The number of benzene rings is 1. The van der Waals surface area contributed by atoms with E-state index in [4.69, 9.17) is 5.73 Å². The molecule has 0 fully saturated rings. The van der Waals surface area contributed by atoms with Crippen LogP contribution in [0.4, 0.5) is 5.82 Å². The molecule has 0 unspecified atom stereocenters. The number of hydrogen-bond acceptors (Lipinski definition) is 3. The zero-order valence-corrected chi connectivity index (χ0v) is 9.57. The van der Waals surface area contributed by atoms with Gasteiger partial charge in [0, 0.05) is 12.6 Å². The summed E-state index contributed by atoms with van der Waals surface area (Å²) in [6.45, 7) is 2.81. The van der Waals surface area contributed by atoms with E-state index in [9.17, 15) is 0 Å². The third-order valence-corrected chi connectivity index (χ3v) is 2.44. The molecule has 1 aromatic heterocycles. The van der Waals surface area contributed by atoms with E-state index in [1.54, 1.807) is 0 Å². The maximum absolute atomic E-state index is 5.72. The van der Waals surface area contributed by atoms with Crippen molar-refractivity contribution in [1.82, 2.24) is 15.1 Å². The fraction of sp³-hybridized carbons (Fsp3) is 0.250. The van der Waals surface area contributed by atoms with Crippen LogP contribution in [0.3, 0.4) is 0 Å². The Bertz CT molecular complexity index is 470. The van der Waals surface area contributed by atoms with Gasteiger partial charge in [0.05, 0.1) is 11.4 Å². The minimum absolute atomic E-state index is 0.547. The highest BCUT2D eigenvalue weighted by molar-refractivity contribution is 5.39. The Morgan fingerprint density at radius 3 is 2.62 bits per heavy atom. The van der Waals surface area contributed by atoms with Gasteiger partial charge in [-0.2, -0.15) is 5.10 Å². The molecule has 3 N–H and O–H groups in total. The molecule has 4 nitrogen and oxygen atoms in total. The maximum Gasteiger partial charge on any atom is 0.146 e. The van der Waals surface area contributed by atoms with Crippen LogP contribution in [0.25, 0.3) is 5.69 Å². The number of nitrogen functional groups attached to an aromatic ring is 1. The van der Waals surface area contributed by atoms with Gasteiger partial charge in [0.1, 0.15) is 5.82 Å². The summed E-state index contributed by atoms with van der Waals surface area (Å²) < 4.78 is 1.87. The third-order valence-electron chi connectivity index (χ3n) is 2.44. The minimum Gasteiger partial charge on any atom is -0.382 e. The Morgan fingerprint density at radius 1 is 1.31 bits per heavy atom. The number of nitrogens with zero attached hydrogens (tertiary/aromatic N) is 2. The highest BCUT2D eigenvalue weighted by atomic mass is 15.3. The van der Waals surface area contributed by atoms with Gasteiger partial charge >= 0.3 is 0 Å². The van der Waals surface area contributed by atoms with Crippen molar-refractivity contribution in [2.75, 3.05) is 12.8 Å². The number of rotatable bonds is 3. The van der Waals surface area contributed by atoms with E-state index < -0.39 is 0 Å². The van der Waals surface area contributed by atoms with E-state index in [0.29, 0.717) is 5.82 Å². The Hall–Kier alpha value is -1.81. The second-order valence-corrected chi connectivity index (χ2v) is 3.84. The van der Waals surface area contributed by atoms with Crippen LogP contribution in [0, 0.1) is 6.92 Å².